The highest BCUT2D eigenvalue weighted by atomic mass is 16.5. The van der Waals surface area contributed by atoms with Crippen molar-refractivity contribution in [2.24, 2.45) is 11.7 Å². The van der Waals surface area contributed by atoms with Gasteiger partial charge in [-0.25, -0.2) is 11.7 Å². The van der Waals surface area contributed by atoms with Gasteiger partial charge in [0.2, 0.25) is 11.8 Å². The molecule has 8 N–H and O–H groups in total. The second-order valence-corrected chi connectivity index (χ2v) is 7.53. The smallest absolute Gasteiger partial charge is 0.271 e. The largest absolute Gasteiger partial charge is 0.484 e. The lowest BCUT2D eigenvalue weighted by atomic mass is 9.98. The van der Waals surface area contributed by atoms with E-state index in [1.165, 1.54) is 0 Å². The summed E-state index contributed by atoms with van der Waals surface area (Å²) in [5.41, 5.74) is 5.57. The summed E-state index contributed by atoms with van der Waals surface area (Å²) in [6.45, 7) is -0.418. The minimum atomic E-state index is -0.706. The predicted octanol–water partition coefficient (Wildman–Crippen LogP) is -1.81. The maximum Gasteiger partial charge on any atom is 0.271 e. The topological polar surface area (TPSA) is 187 Å². The van der Waals surface area contributed by atoms with Crippen molar-refractivity contribution in [1.82, 2.24) is 21.5 Å². The van der Waals surface area contributed by atoms with Crippen LogP contribution in [0, 0.1) is 0 Å². The third kappa shape index (κ3) is 6.92. The quantitative estimate of drug-likeness (QED) is 0.133. The standard InChI is InChI=1S/C22H26N6O6/c23-27-19(29)11-33-15-5-1-13(2-6-15)9-17-21(31)26-18(22(32)25-17)10-14-3-7-16(8-4-14)34-12-20(30)28-24/h1-8,17-18H,9-12,23-24H2,(H,25,32)(H,26,31)(H,27,29)(H,28,30)/t17-,18-/m0/s1. The lowest BCUT2D eigenvalue weighted by Crippen LogP contribution is -2.62. The predicted molar refractivity (Wildman–Crippen MR) is 120 cm³/mol. The van der Waals surface area contributed by atoms with Gasteiger partial charge in [0.1, 0.15) is 23.6 Å². The summed E-state index contributed by atoms with van der Waals surface area (Å²) in [4.78, 5) is 47.4. The van der Waals surface area contributed by atoms with Gasteiger partial charge in [-0.15, -0.1) is 0 Å². The third-order valence-electron chi connectivity index (χ3n) is 5.05. The molecule has 0 unspecified atom stereocenters. The van der Waals surface area contributed by atoms with Gasteiger partial charge in [0, 0.05) is 12.8 Å². The molecule has 0 saturated carbocycles. The highest BCUT2D eigenvalue weighted by Gasteiger charge is 2.33. The Morgan fingerprint density at radius 1 is 0.706 bits per heavy atom. The molecule has 1 aliphatic heterocycles. The highest BCUT2D eigenvalue weighted by molar-refractivity contribution is 5.97. The monoisotopic (exact) mass is 470 g/mol. The van der Waals surface area contributed by atoms with E-state index in [2.05, 4.69) is 10.6 Å². The van der Waals surface area contributed by atoms with Crippen molar-refractivity contribution in [2.45, 2.75) is 24.9 Å². The number of ether oxygens (including phenoxy) is 2. The van der Waals surface area contributed by atoms with Crippen LogP contribution in [0.1, 0.15) is 11.1 Å². The number of carbonyl (C=O) groups excluding carboxylic acids is 4. The molecule has 0 bridgehead atoms. The van der Waals surface area contributed by atoms with E-state index >= 15 is 0 Å². The number of piperazine rings is 1. The second kappa shape index (κ2) is 11.6. The Morgan fingerprint density at radius 3 is 1.38 bits per heavy atom. The maximum absolute atomic E-state index is 12.6. The summed E-state index contributed by atoms with van der Waals surface area (Å²) in [6, 6.07) is 12.3. The van der Waals surface area contributed by atoms with Crippen LogP contribution in [-0.4, -0.2) is 48.9 Å². The molecule has 0 aliphatic carbocycles. The molecule has 0 aromatic heterocycles. The molecule has 34 heavy (non-hydrogen) atoms. The van der Waals surface area contributed by atoms with Crippen LogP contribution in [0.25, 0.3) is 0 Å². The molecule has 180 valence electrons. The number of nitrogens with two attached hydrogens (primary N) is 2. The molecule has 0 radical (unpaired) electrons. The molecule has 1 aliphatic rings. The summed E-state index contributed by atoms with van der Waals surface area (Å²) in [5, 5.41) is 5.54. The lowest BCUT2D eigenvalue weighted by Gasteiger charge is -2.29. The van der Waals surface area contributed by atoms with Gasteiger partial charge in [-0.1, -0.05) is 24.3 Å². The molecule has 1 fully saturated rings. The maximum atomic E-state index is 12.6. The van der Waals surface area contributed by atoms with Crippen LogP contribution in [0.15, 0.2) is 48.5 Å². The molecule has 2 aromatic carbocycles. The van der Waals surface area contributed by atoms with Crippen LogP contribution < -0.4 is 42.6 Å². The van der Waals surface area contributed by atoms with E-state index in [9.17, 15) is 19.2 Å². The van der Waals surface area contributed by atoms with Gasteiger partial charge in [0.25, 0.3) is 11.8 Å². The average molecular weight is 470 g/mol. The molecule has 0 spiro atoms. The molecular formula is C22H26N6O6. The average Bonchev–Trinajstić information content (AvgIpc) is 2.85. The number of hydrogen-bond donors (Lipinski definition) is 6. The fourth-order valence-corrected chi connectivity index (χ4v) is 3.26. The first-order valence-electron chi connectivity index (χ1n) is 10.4. The summed E-state index contributed by atoms with van der Waals surface area (Å²) in [7, 11) is 0. The number of hydrogen-bond acceptors (Lipinski definition) is 8. The highest BCUT2D eigenvalue weighted by Crippen LogP contribution is 2.17. The minimum absolute atomic E-state index is 0.209. The SMILES string of the molecule is NNC(=O)COc1ccc(C[C@@H]2NC(=O)[C@H](Cc3ccc(OCC(=O)NN)cc3)NC2=O)cc1. The fraction of sp³-hybridized carbons (Fsp3) is 0.273. The van der Waals surface area contributed by atoms with Crippen LogP contribution in [0.2, 0.25) is 0 Å². The van der Waals surface area contributed by atoms with Gasteiger partial charge in [-0.05, 0) is 35.4 Å². The lowest BCUT2D eigenvalue weighted by molar-refractivity contribution is -0.136. The summed E-state index contributed by atoms with van der Waals surface area (Å²) in [6.07, 6.45) is 0.604. The molecule has 4 amide bonds. The van der Waals surface area contributed by atoms with Crippen molar-refractivity contribution in [3.8, 4) is 11.5 Å². The zero-order valence-corrected chi connectivity index (χ0v) is 18.2. The second-order valence-electron chi connectivity index (χ2n) is 7.53. The van der Waals surface area contributed by atoms with Crippen molar-refractivity contribution in [3.63, 3.8) is 0 Å². The van der Waals surface area contributed by atoms with E-state index in [-0.39, 0.29) is 25.0 Å². The number of benzene rings is 2. The van der Waals surface area contributed by atoms with Gasteiger partial charge in [0.05, 0.1) is 0 Å². The van der Waals surface area contributed by atoms with Crippen LogP contribution in [0.3, 0.4) is 0 Å². The Bertz CT molecular complexity index is 944. The normalized spacial score (nSPS) is 17.2. The number of hydrazine groups is 2. The molecular weight excluding hydrogens is 444 g/mol. The third-order valence-corrected chi connectivity index (χ3v) is 5.05. The van der Waals surface area contributed by atoms with E-state index in [0.29, 0.717) is 24.3 Å². The minimum Gasteiger partial charge on any atom is -0.484 e. The van der Waals surface area contributed by atoms with Gasteiger partial charge < -0.3 is 20.1 Å². The number of nitrogens with one attached hydrogen (secondary N) is 4. The van der Waals surface area contributed by atoms with E-state index in [0.717, 1.165) is 11.1 Å². The zero-order chi connectivity index (χ0) is 24.5. The van der Waals surface area contributed by atoms with E-state index in [1.807, 2.05) is 10.9 Å². The Hall–Kier alpha value is -4.16. The first kappa shape index (κ1) is 24.5. The molecule has 1 heterocycles. The summed E-state index contributed by atoms with van der Waals surface area (Å²) < 4.78 is 10.6. The van der Waals surface area contributed by atoms with Gasteiger partial charge >= 0.3 is 0 Å². The van der Waals surface area contributed by atoms with Crippen LogP contribution in [0.4, 0.5) is 0 Å². The Kier molecular flexibility index (Phi) is 8.37. The van der Waals surface area contributed by atoms with E-state index in [1.54, 1.807) is 48.5 Å². The van der Waals surface area contributed by atoms with E-state index < -0.39 is 23.9 Å². The molecule has 1 saturated heterocycles. The molecule has 3 rings (SSSR count). The fourth-order valence-electron chi connectivity index (χ4n) is 3.26. The van der Waals surface area contributed by atoms with Crippen molar-refractivity contribution in [1.29, 1.82) is 0 Å². The summed E-state index contributed by atoms with van der Waals surface area (Å²) >= 11 is 0. The van der Waals surface area contributed by atoms with Crippen molar-refractivity contribution in [2.75, 3.05) is 13.2 Å². The van der Waals surface area contributed by atoms with Crippen LogP contribution in [-0.2, 0) is 32.0 Å². The van der Waals surface area contributed by atoms with Gasteiger partial charge in [-0.2, -0.15) is 0 Å². The number of amides is 4. The van der Waals surface area contributed by atoms with Crippen LogP contribution in [0.5, 0.6) is 11.5 Å². The Labute approximate surface area is 195 Å². The van der Waals surface area contributed by atoms with E-state index in [4.69, 9.17) is 21.2 Å². The number of rotatable bonds is 10. The molecule has 2 atom stereocenters. The molecule has 12 nitrogen and oxygen atoms in total. The van der Waals surface area contributed by atoms with Gasteiger partial charge in [0.15, 0.2) is 13.2 Å². The zero-order valence-electron chi connectivity index (χ0n) is 18.2. The summed E-state index contributed by atoms with van der Waals surface area (Å²) in [5.74, 6) is 9.47. The molecule has 12 heteroatoms. The molecule has 2 aromatic rings. The van der Waals surface area contributed by atoms with Crippen LogP contribution >= 0.6 is 0 Å². The van der Waals surface area contributed by atoms with Gasteiger partial charge in [-0.3, -0.25) is 30.0 Å². The van der Waals surface area contributed by atoms with Crippen molar-refractivity contribution >= 4 is 23.6 Å². The first-order chi connectivity index (χ1) is 16.4. The number of carbonyl (C=O) groups is 4. The first-order valence-corrected chi connectivity index (χ1v) is 10.4. The Balaban J connectivity index is 1.50. The Morgan fingerprint density at radius 2 is 1.06 bits per heavy atom. The van der Waals surface area contributed by atoms with Crippen molar-refractivity contribution < 1.29 is 28.7 Å². The van der Waals surface area contributed by atoms with Crippen molar-refractivity contribution in [3.05, 3.63) is 59.7 Å².